The maximum atomic E-state index is 11.1. The van der Waals surface area contributed by atoms with Crippen molar-refractivity contribution in [1.29, 1.82) is 0 Å². The molecule has 0 heterocycles. The molecule has 20 heavy (non-hydrogen) atoms. The molecule has 0 saturated heterocycles. The van der Waals surface area contributed by atoms with Crippen molar-refractivity contribution in [1.82, 2.24) is 5.32 Å². The molecular formula is C14H19NO5. The average molecular weight is 281 g/mol. The molecule has 2 N–H and O–H groups in total. The van der Waals surface area contributed by atoms with Crippen LogP contribution in [0.1, 0.15) is 12.5 Å². The number of nitrogens with one attached hydrogen (secondary N) is 1. The number of ether oxygens (including phenoxy) is 2. The molecule has 0 aromatic heterocycles. The number of carboxylic acids is 1. The van der Waals surface area contributed by atoms with Crippen molar-refractivity contribution in [2.45, 2.75) is 19.4 Å². The van der Waals surface area contributed by atoms with Gasteiger partial charge in [0.2, 0.25) is 5.91 Å². The number of rotatable bonds is 8. The lowest BCUT2D eigenvalue weighted by atomic mass is 10.1. The Balaban J connectivity index is 2.67. The van der Waals surface area contributed by atoms with Crippen LogP contribution in [0, 0.1) is 0 Å². The van der Waals surface area contributed by atoms with Crippen LogP contribution in [0.3, 0.4) is 0 Å². The normalized spacial score (nSPS) is 11.7. The van der Waals surface area contributed by atoms with Crippen LogP contribution >= 0.6 is 0 Å². The van der Waals surface area contributed by atoms with E-state index in [1.54, 1.807) is 31.4 Å². The van der Waals surface area contributed by atoms with Crippen LogP contribution in [0.5, 0.6) is 5.75 Å². The van der Waals surface area contributed by atoms with E-state index in [9.17, 15) is 9.59 Å². The zero-order valence-electron chi connectivity index (χ0n) is 11.6. The number of benzene rings is 1. The van der Waals surface area contributed by atoms with E-state index < -0.39 is 12.0 Å². The minimum Gasteiger partial charge on any atom is -0.491 e. The van der Waals surface area contributed by atoms with E-state index in [1.807, 2.05) is 0 Å². The van der Waals surface area contributed by atoms with Crippen LogP contribution in [-0.4, -0.2) is 43.3 Å². The van der Waals surface area contributed by atoms with Gasteiger partial charge in [-0.2, -0.15) is 0 Å². The second kappa shape index (κ2) is 8.16. The first-order valence-electron chi connectivity index (χ1n) is 6.23. The van der Waals surface area contributed by atoms with Gasteiger partial charge in [-0.1, -0.05) is 12.1 Å². The number of aliphatic carboxylic acids is 1. The second-order valence-corrected chi connectivity index (χ2v) is 4.28. The largest absolute Gasteiger partial charge is 0.491 e. The Bertz CT molecular complexity index is 461. The summed E-state index contributed by atoms with van der Waals surface area (Å²) in [5.41, 5.74) is 0.779. The highest BCUT2D eigenvalue weighted by Crippen LogP contribution is 2.15. The molecule has 1 aromatic rings. The van der Waals surface area contributed by atoms with E-state index in [0.717, 1.165) is 5.56 Å². The van der Waals surface area contributed by atoms with Crippen molar-refractivity contribution in [3.63, 3.8) is 0 Å². The maximum absolute atomic E-state index is 11.1. The number of carbonyl (C=O) groups excluding carboxylic acids is 1. The van der Waals surface area contributed by atoms with Crippen molar-refractivity contribution < 1.29 is 24.2 Å². The third-order valence-corrected chi connectivity index (χ3v) is 2.57. The van der Waals surface area contributed by atoms with E-state index in [0.29, 0.717) is 19.0 Å². The lowest BCUT2D eigenvalue weighted by Gasteiger charge is -2.14. The van der Waals surface area contributed by atoms with Gasteiger partial charge in [0, 0.05) is 20.5 Å². The molecule has 110 valence electrons. The van der Waals surface area contributed by atoms with Crippen molar-refractivity contribution >= 4 is 11.9 Å². The van der Waals surface area contributed by atoms with Crippen LogP contribution in [0.4, 0.5) is 0 Å². The molecule has 0 aliphatic heterocycles. The summed E-state index contributed by atoms with van der Waals surface area (Å²) in [6.45, 7) is 2.20. The number of carboxylic acid groups (broad SMARTS) is 1. The minimum absolute atomic E-state index is 0.205. The third-order valence-electron chi connectivity index (χ3n) is 2.57. The average Bonchev–Trinajstić information content (AvgIpc) is 2.38. The minimum atomic E-state index is -1.06. The van der Waals surface area contributed by atoms with Crippen molar-refractivity contribution in [3.8, 4) is 5.75 Å². The van der Waals surface area contributed by atoms with Gasteiger partial charge in [0.1, 0.15) is 18.4 Å². The summed E-state index contributed by atoms with van der Waals surface area (Å²) in [6, 6.07) is 6.17. The molecule has 0 bridgehead atoms. The van der Waals surface area contributed by atoms with Crippen molar-refractivity contribution in [2.75, 3.05) is 20.3 Å². The molecular weight excluding hydrogens is 262 g/mol. The van der Waals surface area contributed by atoms with Crippen LogP contribution in [0.25, 0.3) is 0 Å². The molecule has 1 unspecified atom stereocenters. The van der Waals surface area contributed by atoms with Gasteiger partial charge in [0.15, 0.2) is 0 Å². The number of carbonyl (C=O) groups is 2. The summed E-state index contributed by atoms with van der Waals surface area (Å²) in [5.74, 6) is -0.790. The highest BCUT2D eigenvalue weighted by Gasteiger charge is 2.18. The predicted octanol–water partition coefficient (Wildman–Crippen LogP) is 0.844. The SMILES string of the molecule is COCCOc1cccc(CC(NC(C)=O)C(=O)O)c1. The summed E-state index contributed by atoms with van der Waals surface area (Å²) < 4.78 is 10.3. The Morgan fingerprint density at radius 1 is 1.35 bits per heavy atom. The molecule has 1 amide bonds. The monoisotopic (exact) mass is 281 g/mol. The van der Waals surface area contributed by atoms with Crippen LogP contribution in [-0.2, 0) is 20.7 Å². The molecule has 0 aliphatic rings. The smallest absolute Gasteiger partial charge is 0.326 e. The lowest BCUT2D eigenvalue weighted by molar-refractivity contribution is -0.141. The molecule has 6 heteroatoms. The molecule has 0 radical (unpaired) electrons. The lowest BCUT2D eigenvalue weighted by Crippen LogP contribution is -2.41. The molecule has 0 spiro atoms. The van der Waals surface area contributed by atoms with Gasteiger partial charge in [0.25, 0.3) is 0 Å². The standard InChI is InChI=1S/C14H19NO5/c1-10(16)15-13(14(17)18)9-11-4-3-5-12(8-11)20-7-6-19-2/h3-5,8,13H,6-7,9H2,1-2H3,(H,15,16)(H,17,18). The van der Waals surface area contributed by atoms with E-state index in [1.165, 1.54) is 6.92 Å². The molecule has 0 aliphatic carbocycles. The Hall–Kier alpha value is -2.08. The second-order valence-electron chi connectivity index (χ2n) is 4.28. The van der Waals surface area contributed by atoms with Gasteiger partial charge in [0.05, 0.1) is 6.61 Å². The molecule has 1 atom stereocenters. The van der Waals surface area contributed by atoms with Gasteiger partial charge in [-0.3, -0.25) is 4.79 Å². The van der Waals surface area contributed by atoms with E-state index in [2.05, 4.69) is 5.32 Å². The Kier molecular flexibility index (Phi) is 6.52. The first kappa shape index (κ1) is 16.0. The molecule has 1 rings (SSSR count). The molecule has 1 aromatic carbocycles. The summed E-state index contributed by atoms with van der Waals surface area (Å²) in [5, 5.41) is 11.5. The van der Waals surface area contributed by atoms with Gasteiger partial charge in [-0.25, -0.2) is 4.79 Å². The fraction of sp³-hybridized carbons (Fsp3) is 0.429. The summed E-state index contributed by atoms with van der Waals surface area (Å²) >= 11 is 0. The first-order chi connectivity index (χ1) is 9.52. The van der Waals surface area contributed by atoms with Crippen LogP contribution in [0.15, 0.2) is 24.3 Å². The molecule has 6 nitrogen and oxygen atoms in total. The van der Waals surface area contributed by atoms with Gasteiger partial charge < -0.3 is 19.9 Å². The highest BCUT2D eigenvalue weighted by atomic mass is 16.5. The number of hydrogen-bond donors (Lipinski definition) is 2. The summed E-state index contributed by atoms with van der Waals surface area (Å²) in [6.07, 6.45) is 0.205. The zero-order valence-corrected chi connectivity index (χ0v) is 11.6. The van der Waals surface area contributed by atoms with Crippen molar-refractivity contribution in [2.24, 2.45) is 0 Å². The molecule has 0 fully saturated rings. The van der Waals surface area contributed by atoms with Gasteiger partial charge in [-0.15, -0.1) is 0 Å². The molecule has 0 saturated carbocycles. The topological polar surface area (TPSA) is 84.9 Å². The van der Waals surface area contributed by atoms with Crippen molar-refractivity contribution in [3.05, 3.63) is 29.8 Å². The third kappa shape index (κ3) is 5.71. The number of amides is 1. The summed E-state index contributed by atoms with van der Waals surface area (Å²) in [4.78, 5) is 22.0. The van der Waals surface area contributed by atoms with Crippen LogP contribution in [0.2, 0.25) is 0 Å². The Labute approximate surface area is 117 Å². The quantitative estimate of drug-likeness (QED) is 0.690. The van der Waals surface area contributed by atoms with E-state index in [4.69, 9.17) is 14.6 Å². The van der Waals surface area contributed by atoms with E-state index in [-0.39, 0.29) is 12.3 Å². The highest BCUT2D eigenvalue weighted by molar-refractivity contribution is 5.82. The fourth-order valence-electron chi connectivity index (χ4n) is 1.69. The fourth-order valence-corrected chi connectivity index (χ4v) is 1.69. The first-order valence-corrected chi connectivity index (χ1v) is 6.23. The Morgan fingerprint density at radius 3 is 2.70 bits per heavy atom. The summed E-state index contributed by atoms with van der Waals surface area (Å²) in [7, 11) is 1.59. The Morgan fingerprint density at radius 2 is 2.10 bits per heavy atom. The van der Waals surface area contributed by atoms with Gasteiger partial charge in [-0.05, 0) is 17.7 Å². The van der Waals surface area contributed by atoms with E-state index >= 15 is 0 Å². The van der Waals surface area contributed by atoms with Gasteiger partial charge >= 0.3 is 5.97 Å². The zero-order chi connectivity index (χ0) is 15.0. The predicted molar refractivity (Wildman–Crippen MR) is 72.8 cm³/mol. The number of hydrogen-bond acceptors (Lipinski definition) is 4. The van der Waals surface area contributed by atoms with Crippen LogP contribution < -0.4 is 10.1 Å². The maximum Gasteiger partial charge on any atom is 0.326 e. The number of methoxy groups -OCH3 is 1.